The zero-order valence-electron chi connectivity index (χ0n) is 12.4. The molecule has 110 valence electrons. The third kappa shape index (κ3) is 2.95. The van der Waals surface area contributed by atoms with Gasteiger partial charge in [0, 0.05) is 17.2 Å². The van der Waals surface area contributed by atoms with Crippen LogP contribution in [0.4, 0.5) is 11.5 Å². The van der Waals surface area contributed by atoms with Gasteiger partial charge in [-0.2, -0.15) is 0 Å². The Balaban J connectivity index is 1.93. The maximum atomic E-state index is 6.23. The van der Waals surface area contributed by atoms with Gasteiger partial charge in [0.2, 0.25) is 0 Å². The van der Waals surface area contributed by atoms with Gasteiger partial charge in [0.05, 0.1) is 7.11 Å². The van der Waals surface area contributed by atoms with Gasteiger partial charge in [0.25, 0.3) is 0 Å². The van der Waals surface area contributed by atoms with E-state index in [1.165, 1.54) is 0 Å². The van der Waals surface area contributed by atoms with Crippen molar-refractivity contribution in [3.63, 3.8) is 0 Å². The van der Waals surface area contributed by atoms with Gasteiger partial charge in [-0.25, -0.2) is 9.97 Å². The Labute approximate surface area is 129 Å². The first-order valence-corrected chi connectivity index (χ1v) is 7.42. The Hall–Kier alpha value is -1.81. The maximum absolute atomic E-state index is 6.23. The number of ether oxygens (including phenoxy) is 1. The average Bonchev–Trinajstić information content (AvgIpc) is 3.30. The van der Waals surface area contributed by atoms with E-state index >= 15 is 0 Å². The van der Waals surface area contributed by atoms with E-state index in [0.29, 0.717) is 11.1 Å². The Bertz CT molecular complexity index is 683. The molecule has 0 unspecified atom stereocenters. The molecule has 0 spiro atoms. The highest BCUT2D eigenvalue weighted by atomic mass is 35.5. The van der Waals surface area contributed by atoms with Crippen LogP contribution in [0.3, 0.4) is 0 Å². The SMILES string of the molecule is COc1ccc(Nc2nc(C3CC3)nc(Cl)c2C)c(C)c1. The van der Waals surface area contributed by atoms with Crippen molar-refractivity contribution < 1.29 is 4.74 Å². The summed E-state index contributed by atoms with van der Waals surface area (Å²) in [6.07, 6.45) is 2.31. The second kappa shape index (κ2) is 5.53. The second-order valence-electron chi connectivity index (χ2n) is 5.43. The Morgan fingerprint density at radius 2 is 2.00 bits per heavy atom. The lowest BCUT2D eigenvalue weighted by atomic mass is 10.2. The van der Waals surface area contributed by atoms with Gasteiger partial charge in [0.1, 0.15) is 22.5 Å². The van der Waals surface area contributed by atoms with Gasteiger partial charge < -0.3 is 10.1 Å². The molecule has 1 N–H and O–H groups in total. The van der Waals surface area contributed by atoms with Crippen molar-refractivity contribution in [1.82, 2.24) is 9.97 Å². The van der Waals surface area contributed by atoms with Crippen molar-refractivity contribution in [1.29, 1.82) is 0 Å². The minimum Gasteiger partial charge on any atom is -0.497 e. The minimum atomic E-state index is 0.473. The number of halogens is 1. The molecular weight excluding hydrogens is 286 g/mol. The molecule has 1 fully saturated rings. The average molecular weight is 304 g/mol. The molecule has 0 amide bonds. The van der Waals surface area contributed by atoms with E-state index in [2.05, 4.69) is 15.3 Å². The summed E-state index contributed by atoms with van der Waals surface area (Å²) >= 11 is 6.23. The number of aryl methyl sites for hydroxylation is 1. The Morgan fingerprint density at radius 3 is 2.62 bits per heavy atom. The van der Waals surface area contributed by atoms with E-state index in [-0.39, 0.29) is 0 Å². The van der Waals surface area contributed by atoms with Crippen molar-refractivity contribution in [2.24, 2.45) is 0 Å². The molecule has 2 aromatic rings. The number of nitrogens with one attached hydrogen (secondary N) is 1. The van der Waals surface area contributed by atoms with E-state index in [9.17, 15) is 0 Å². The van der Waals surface area contributed by atoms with Crippen molar-refractivity contribution >= 4 is 23.1 Å². The van der Waals surface area contributed by atoms with Crippen LogP contribution in [0.15, 0.2) is 18.2 Å². The van der Waals surface area contributed by atoms with Gasteiger partial charge in [-0.15, -0.1) is 0 Å². The molecule has 1 heterocycles. The zero-order chi connectivity index (χ0) is 15.0. The first-order chi connectivity index (χ1) is 10.1. The molecule has 21 heavy (non-hydrogen) atoms. The lowest BCUT2D eigenvalue weighted by Gasteiger charge is -2.14. The van der Waals surface area contributed by atoms with Crippen molar-refractivity contribution in [3.05, 3.63) is 40.3 Å². The molecule has 3 rings (SSSR count). The largest absolute Gasteiger partial charge is 0.497 e. The highest BCUT2D eigenvalue weighted by Crippen LogP contribution is 2.40. The van der Waals surface area contributed by atoms with Crippen LogP contribution in [0.25, 0.3) is 0 Å². The number of hydrogen-bond donors (Lipinski definition) is 1. The van der Waals surface area contributed by atoms with Crippen molar-refractivity contribution in [2.45, 2.75) is 32.6 Å². The van der Waals surface area contributed by atoms with Gasteiger partial charge in [-0.1, -0.05) is 11.6 Å². The van der Waals surface area contributed by atoms with Crippen LogP contribution in [0.1, 0.15) is 35.7 Å². The lowest BCUT2D eigenvalue weighted by Crippen LogP contribution is -2.04. The van der Waals surface area contributed by atoms with E-state index in [0.717, 1.165) is 47.0 Å². The fourth-order valence-electron chi connectivity index (χ4n) is 2.18. The number of anilines is 2. The summed E-state index contributed by atoms with van der Waals surface area (Å²) in [4.78, 5) is 9.02. The number of benzene rings is 1. The van der Waals surface area contributed by atoms with Crippen LogP contribution in [-0.2, 0) is 0 Å². The number of hydrogen-bond acceptors (Lipinski definition) is 4. The standard InChI is InChI=1S/C16H18ClN3O/c1-9-8-12(21-3)6-7-13(9)18-15-10(2)14(17)19-16(20-15)11-4-5-11/h6-8,11H,4-5H2,1-3H3,(H,18,19,20). The summed E-state index contributed by atoms with van der Waals surface area (Å²) < 4.78 is 5.23. The van der Waals surface area contributed by atoms with Crippen LogP contribution in [-0.4, -0.2) is 17.1 Å². The number of nitrogens with zero attached hydrogens (tertiary/aromatic N) is 2. The summed E-state index contributed by atoms with van der Waals surface area (Å²) in [6, 6.07) is 5.90. The first kappa shape index (κ1) is 14.1. The molecule has 0 aliphatic heterocycles. The molecule has 1 aromatic carbocycles. The van der Waals surface area contributed by atoms with Crippen LogP contribution in [0.5, 0.6) is 5.75 Å². The van der Waals surface area contributed by atoms with Crippen molar-refractivity contribution in [2.75, 3.05) is 12.4 Å². The molecule has 4 nitrogen and oxygen atoms in total. The molecular formula is C16H18ClN3O. The van der Waals surface area contributed by atoms with Gasteiger partial charge >= 0.3 is 0 Å². The topological polar surface area (TPSA) is 47.0 Å². The summed E-state index contributed by atoms with van der Waals surface area (Å²) in [7, 11) is 1.66. The normalized spacial score (nSPS) is 14.1. The van der Waals surface area contributed by atoms with Crippen molar-refractivity contribution in [3.8, 4) is 5.75 Å². The van der Waals surface area contributed by atoms with Crippen LogP contribution < -0.4 is 10.1 Å². The number of aromatic nitrogens is 2. The first-order valence-electron chi connectivity index (χ1n) is 7.04. The molecule has 5 heteroatoms. The van der Waals surface area contributed by atoms with E-state index in [1.54, 1.807) is 7.11 Å². The number of rotatable bonds is 4. The Kier molecular flexibility index (Phi) is 3.72. The molecule has 0 saturated heterocycles. The van der Waals surface area contributed by atoms with Crippen LogP contribution in [0.2, 0.25) is 5.15 Å². The van der Waals surface area contributed by atoms with Gasteiger partial charge in [-0.05, 0) is 50.5 Å². The quantitative estimate of drug-likeness (QED) is 0.852. The highest BCUT2D eigenvalue weighted by Gasteiger charge is 2.28. The van der Waals surface area contributed by atoms with Gasteiger partial charge in [0.15, 0.2) is 0 Å². The van der Waals surface area contributed by atoms with E-state index < -0.39 is 0 Å². The molecule has 1 aliphatic rings. The zero-order valence-corrected chi connectivity index (χ0v) is 13.2. The highest BCUT2D eigenvalue weighted by molar-refractivity contribution is 6.30. The third-order valence-corrected chi connectivity index (χ3v) is 4.10. The Morgan fingerprint density at radius 1 is 1.24 bits per heavy atom. The van der Waals surface area contributed by atoms with Crippen LogP contribution in [0, 0.1) is 13.8 Å². The monoisotopic (exact) mass is 303 g/mol. The second-order valence-corrected chi connectivity index (χ2v) is 5.78. The predicted octanol–water partition coefficient (Wildman–Crippen LogP) is 4.38. The third-order valence-electron chi connectivity index (χ3n) is 3.73. The lowest BCUT2D eigenvalue weighted by molar-refractivity contribution is 0.414. The fourth-order valence-corrected chi connectivity index (χ4v) is 2.36. The molecule has 1 saturated carbocycles. The molecule has 0 atom stereocenters. The molecule has 0 bridgehead atoms. The molecule has 0 radical (unpaired) electrons. The summed E-state index contributed by atoms with van der Waals surface area (Å²) in [5.74, 6) is 2.94. The number of methoxy groups -OCH3 is 1. The van der Waals surface area contributed by atoms with Gasteiger partial charge in [-0.3, -0.25) is 0 Å². The summed E-state index contributed by atoms with van der Waals surface area (Å²) in [6.45, 7) is 3.96. The fraction of sp³-hybridized carbons (Fsp3) is 0.375. The predicted molar refractivity (Wildman–Crippen MR) is 84.8 cm³/mol. The molecule has 1 aromatic heterocycles. The molecule has 1 aliphatic carbocycles. The smallest absolute Gasteiger partial charge is 0.138 e. The van der Waals surface area contributed by atoms with Crippen LogP contribution >= 0.6 is 11.6 Å². The minimum absolute atomic E-state index is 0.473. The summed E-state index contributed by atoms with van der Waals surface area (Å²) in [5, 5.41) is 3.89. The summed E-state index contributed by atoms with van der Waals surface area (Å²) in [5.41, 5.74) is 2.96. The van der Waals surface area contributed by atoms with E-state index in [4.69, 9.17) is 16.3 Å². The van der Waals surface area contributed by atoms with E-state index in [1.807, 2.05) is 32.0 Å². The maximum Gasteiger partial charge on any atom is 0.138 e.